The first-order chi connectivity index (χ1) is 6.47. The van der Waals surface area contributed by atoms with E-state index in [1.165, 1.54) is 0 Å². The molecular weight excluding hydrogens is 192 g/mol. The van der Waals surface area contributed by atoms with Gasteiger partial charge in [0.05, 0.1) is 0 Å². The molecular formula is C7H12N2O5. The highest BCUT2D eigenvalue weighted by Crippen LogP contribution is 2.15. The number of hydrogen-bond acceptors (Lipinski definition) is 7. The average Bonchev–Trinajstić information content (AvgIpc) is 2.12. The first kappa shape index (κ1) is 10.9. The van der Waals surface area contributed by atoms with E-state index in [-0.39, 0.29) is 12.8 Å². The number of aliphatic hydroxyl groups is 1. The predicted molar refractivity (Wildman–Crippen MR) is 43.4 cm³/mol. The lowest BCUT2D eigenvalue weighted by atomic mass is 10.1. The van der Waals surface area contributed by atoms with Crippen LogP contribution in [0.2, 0.25) is 0 Å². The summed E-state index contributed by atoms with van der Waals surface area (Å²) in [6.07, 6.45) is 0.0664. The van der Waals surface area contributed by atoms with Crippen LogP contribution in [0, 0.1) is 0 Å². The van der Waals surface area contributed by atoms with Gasteiger partial charge in [0.25, 0.3) is 0 Å². The molecule has 0 amide bonds. The molecule has 7 heteroatoms. The molecule has 5 N–H and O–H groups in total. The predicted octanol–water partition coefficient (Wildman–Crippen LogP) is -2.20. The average molecular weight is 204 g/mol. The second-order valence-corrected chi connectivity index (χ2v) is 2.96. The second-order valence-electron chi connectivity index (χ2n) is 2.96. The molecule has 1 heterocycles. The van der Waals surface area contributed by atoms with Crippen LogP contribution in [0.3, 0.4) is 0 Å². The standard InChI is InChI=1S/C7H12N2O5/c8-3-7(12)13-5(10)2-1-4(9)6(11)14-7/h4,12H,1-3,8-9H2/t4-,7?/m1/s1. The number of ether oxygens (including phenoxy) is 2. The van der Waals surface area contributed by atoms with Gasteiger partial charge in [-0.25, -0.2) is 0 Å². The van der Waals surface area contributed by atoms with Crippen LogP contribution in [0.15, 0.2) is 0 Å². The van der Waals surface area contributed by atoms with Gasteiger partial charge in [-0.15, -0.1) is 0 Å². The molecule has 0 aromatic rings. The summed E-state index contributed by atoms with van der Waals surface area (Å²) in [5.41, 5.74) is 10.4. The van der Waals surface area contributed by atoms with E-state index < -0.39 is 30.5 Å². The third kappa shape index (κ3) is 2.41. The molecule has 1 saturated heterocycles. The van der Waals surface area contributed by atoms with Gasteiger partial charge in [0.1, 0.15) is 12.6 Å². The maximum atomic E-state index is 11.1. The van der Waals surface area contributed by atoms with Crippen LogP contribution in [0.4, 0.5) is 0 Å². The van der Waals surface area contributed by atoms with Gasteiger partial charge in [0.15, 0.2) is 0 Å². The minimum absolute atomic E-state index is 0.0570. The van der Waals surface area contributed by atoms with Crippen molar-refractivity contribution in [1.29, 1.82) is 0 Å². The van der Waals surface area contributed by atoms with E-state index in [1.807, 2.05) is 0 Å². The SMILES string of the molecule is NCC1(O)OC(=O)CC[C@@H](N)C(=O)O1. The van der Waals surface area contributed by atoms with Crippen molar-refractivity contribution in [3.63, 3.8) is 0 Å². The molecule has 2 atom stereocenters. The Hall–Kier alpha value is -1.18. The molecule has 80 valence electrons. The molecule has 1 unspecified atom stereocenters. The molecule has 1 aliphatic rings. The molecule has 0 bridgehead atoms. The first-order valence-electron chi connectivity index (χ1n) is 4.09. The number of cyclic esters (lactones) is 2. The fourth-order valence-electron chi connectivity index (χ4n) is 0.957. The lowest BCUT2D eigenvalue weighted by molar-refractivity contribution is -0.321. The minimum Gasteiger partial charge on any atom is -0.397 e. The topological polar surface area (TPSA) is 125 Å². The third-order valence-corrected chi connectivity index (χ3v) is 1.75. The van der Waals surface area contributed by atoms with Gasteiger partial charge in [-0.2, -0.15) is 0 Å². The summed E-state index contributed by atoms with van der Waals surface area (Å²) in [6, 6.07) is -0.944. The summed E-state index contributed by atoms with van der Waals surface area (Å²) in [5.74, 6) is -3.93. The van der Waals surface area contributed by atoms with Crippen molar-refractivity contribution in [1.82, 2.24) is 0 Å². The smallest absolute Gasteiger partial charge is 0.386 e. The maximum absolute atomic E-state index is 11.1. The molecule has 0 radical (unpaired) electrons. The van der Waals surface area contributed by atoms with Gasteiger partial charge in [-0.1, -0.05) is 0 Å². The van der Waals surface area contributed by atoms with Crippen LogP contribution < -0.4 is 11.5 Å². The Bertz CT molecular complexity index is 256. The van der Waals surface area contributed by atoms with E-state index in [0.29, 0.717) is 0 Å². The molecule has 0 saturated carbocycles. The molecule has 1 aliphatic heterocycles. The summed E-state index contributed by atoms with van der Waals surface area (Å²) in [7, 11) is 0. The third-order valence-electron chi connectivity index (χ3n) is 1.75. The van der Waals surface area contributed by atoms with Crippen molar-refractivity contribution in [3.8, 4) is 0 Å². The van der Waals surface area contributed by atoms with Crippen LogP contribution in [-0.4, -0.2) is 35.6 Å². The Morgan fingerprint density at radius 3 is 2.71 bits per heavy atom. The lowest BCUT2D eigenvalue weighted by Gasteiger charge is -2.28. The number of hydrogen-bond donors (Lipinski definition) is 3. The zero-order valence-electron chi connectivity index (χ0n) is 7.43. The van der Waals surface area contributed by atoms with Gasteiger partial charge in [0.2, 0.25) is 0 Å². The number of rotatable bonds is 1. The monoisotopic (exact) mass is 204 g/mol. The van der Waals surface area contributed by atoms with Crippen molar-refractivity contribution in [3.05, 3.63) is 0 Å². The molecule has 0 aromatic heterocycles. The van der Waals surface area contributed by atoms with Crippen LogP contribution in [0.1, 0.15) is 12.8 Å². The number of carbonyl (C=O) groups is 2. The fraction of sp³-hybridized carbons (Fsp3) is 0.714. The zero-order valence-corrected chi connectivity index (χ0v) is 7.43. The number of carbonyl (C=O) groups excluding carboxylic acids is 2. The second kappa shape index (κ2) is 3.91. The van der Waals surface area contributed by atoms with Crippen LogP contribution in [0.25, 0.3) is 0 Å². The summed E-state index contributed by atoms with van der Waals surface area (Å²) in [4.78, 5) is 22.1. The van der Waals surface area contributed by atoms with E-state index >= 15 is 0 Å². The molecule has 7 nitrogen and oxygen atoms in total. The quantitative estimate of drug-likeness (QED) is 0.414. The van der Waals surface area contributed by atoms with E-state index in [1.54, 1.807) is 0 Å². The maximum Gasteiger partial charge on any atom is 0.386 e. The van der Waals surface area contributed by atoms with Gasteiger partial charge < -0.3 is 26.0 Å². The fourth-order valence-corrected chi connectivity index (χ4v) is 0.957. The molecule has 0 aliphatic carbocycles. The number of esters is 2. The highest BCUT2D eigenvalue weighted by Gasteiger charge is 2.38. The van der Waals surface area contributed by atoms with Gasteiger partial charge in [-0.05, 0) is 6.42 Å². The molecule has 0 aromatic carbocycles. The van der Waals surface area contributed by atoms with Gasteiger partial charge in [-0.3, -0.25) is 9.59 Å². The Morgan fingerprint density at radius 2 is 2.14 bits per heavy atom. The largest absolute Gasteiger partial charge is 0.397 e. The van der Waals surface area contributed by atoms with E-state index in [0.717, 1.165) is 0 Å². The lowest BCUT2D eigenvalue weighted by Crippen LogP contribution is -2.51. The van der Waals surface area contributed by atoms with Crippen LogP contribution in [0.5, 0.6) is 0 Å². The Morgan fingerprint density at radius 1 is 1.50 bits per heavy atom. The van der Waals surface area contributed by atoms with E-state index in [9.17, 15) is 14.7 Å². The summed E-state index contributed by atoms with van der Waals surface area (Å²) in [5, 5.41) is 9.38. The zero-order chi connectivity index (χ0) is 10.8. The van der Waals surface area contributed by atoms with Crippen molar-refractivity contribution in [2.24, 2.45) is 11.5 Å². The summed E-state index contributed by atoms with van der Waals surface area (Å²) in [6.45, 7) is -0.531. The molecule has 14 heavy (non-hydrogen) atoms. The van der Waals surface area contributed by atoms with Crippen molar-refractivity contribution in [2.75, 3.05) is 6.54 Å². The Labute approximate surface area is 79.9 Å². The Kier molecular flexibility index (Phi) is 3.04. The highest BCUT2D eigenvalue weighted by molar-refractivity contribution is 5.78. The van der Waals surface area contributed by atoms with E-state index in [2.05, 4.69) is 9.47 Å². The molecule has 1 fully saturated rings. The Balaban J connectivity index is 2.78. The first-order valence-corrected chi connectivity index (χ1v) is 4.09. The summed E-state index contributed by atoms with van der Waals surface area (Å²) >= 11 is 0. The minimum atomic E-state index is -2.38. The van der Waals surface area contributed by atoms with Gasteiger partial charge in [0, 0.05) is 6.42 Å². The van der Waals surface area contributed by atoms with E-state index in [4.69, 9.17) is 11.5 Å². The van der Waals surface area contributed by atoms with Crippen molar-refractivity contribution in [2.45, 2.75) is 24.9 Å². The molecule has 1 rings (SSSR count). The van der Waals surface area contributed by atoms with Crippen LogP contribution in [-0.2, 0) is 19.1 Å². The normalized spacial score (nSPS) is 34.1. The summed E-state index contributed by atoms with van der Waals surface area (Å²) < 4.78 is 8.87. The van der Waals surface area contributed by atoms with Gasteiger partial charge >= 0.3 is 17.9 Å². The number of nitrogens with two attached hydrogens (primary N) is 2. The molecule has 0 spiro atoms. The van der Waals surface area contributed by atoms with Crippen molar-refractivity contribution < 1.29 is 24.2 Å². The highest BCUT2D eigenvalue weighted by atomic mass is 16.8. The van der Waals surface area contributed by atoms with Crippen molar-refractivity contribution >= 4 is 11.9 Å². The van der Waals surface area contributed by atoms with Crippen LogP contribution >= 0.6 is 0 Å².